The number of H-pyrrole nitrogens is 1. The smallest absolute Gasteiger partial charge is 0.270 e. The van der Waals surface area contributed by atoms with E-state index in [-0.39, 0.29) is 5.69 Å². The van der Waals surface area contributed by atoms with Crippen molar-refractivity contribution < 1.29 is 4.92 Å². The summed E-state index contributed by atoms with van der Waals surface area (Å²) in [5.74, 6) is 0.571. The quantitative estimate of drug-likeness (QED) is 0.545. The van der Waals surface area contributed by atoms with Gasteiger partial charge in [-0.05, 0) is 18.3 Å². The highest BCUT2D eigenvalue weighted by Gasteiger charge is 2.10. The average Bonchev–Trinajstić information content (AvgIpc) is 2.72. The van der Waals surface area contributed by atoms with Gasteiger partial charge >= 0.3 is 0 Å². The Bertz CT molecular complexity index is 575. The van der Waals surface area contributed by atoms with Crippen molar-refractivity contribution in [3.8, 4) is 0 Å². The zero-order valence-electron chi connectivity index (χ0n) is 8.88. The van der Waals surface area contributed by atoms with Crippen LogP contribution in [-0.2, 0) is 0 Å². The molecule has 4 N–H and O–H groups in total. The number of nitro groups is 1. The summed E-state index contributed by atoms with van der Waals surface area (Å²) in [5, 5.41) is 21.2. The summed E-state index contributed by atoms with van der Waals surface area (Å²) >= 11 is 0. The molecule has 0 amide bonds. The molecule has 2 rings (SSSR count). The summed E-state index contributed by atoms with van der Waals surface area (Å²) < 4.78 is 0. The number of non-ortho nitro benzene ring substituents is 1. The average molecular weight is 233 g/mol. The lowest BCUT2D eigenvalue weighted by molar-refractivity contribution is -0.384. The third kappa shape index (κ3) is 2.17. The molecule has 0 saturated heterocycles. The van der Waals surface area contributed by atoms with Gasteiger partial charge in [0.25, 0.3) is 5.69 Å². The monoisotopic (exact) mass is 233 g/mol. The van der Waals surface area contributed by atoms with Gasteiger partial charge in [-0.2, -0.15) is 5.10 Å². The fourth-order valence-electron chi connectivity index (χ4n) is 1.47. The number of rotatable bonds is 4. The van der Waals surface area contributed by atoms with Crippen LogP contribution in [0.5, 0.6) is 0 Å². The van der Waals surface area contributed by atoms with E-state index >= 15 is 0 Å². The van der Waals surface area contributed by atoms with E-state index < -0.39 is 4.92 Å². The number of nitrogens with two attached hydrogens (primary N) is 1. The minimum Gasteiger partial charge on any atom is -0.405 e. The zero-order chi connectivity index (χ0) is 12.3. The highest BCUT2D eigenvalue weighted by atomic mass is 16.6. The molecule has 0 fully saturated rings. The van der Waals surface area contributed by atoms with Gasteiger partial charge in [-0.15, -0.1) is 0 Å². The van der Waals surface area contributed by atoms with Gasteiger partial charge in [-0.25, -0.2) is 0 Å². The third-order valence-electron chi connectivity index (χ3n) is 2.28. The molecule has 1 aromatic carbocycles. The molecule has 0 unspecified atom stereocenters. The highest BCUT2D eigenvalue weighted by Crippen LogP contribution is 2.24. The van der Waals surface area contributed by atoms with Crippen molar-refractivity contribution in [2.45, 2.75) is 0 Å². The first-order valence-corrected chi connectivity index (χ1v) is 4.95. The summed E-state index contributed by atoms with van der Waals surface area (Å²) in [5.41, 5.74) is 5.99. The van der Waals surface area contributed by atoms with Crippen molar-refractivity contribution in [1.82, 2.24) is 10.2 Å². The molecular formula is C10H11N5O2. The predicted octanol–water partition coefficient (Wildman–Crippen LogP) is 1.36. The number of hydrogen-bond acceptors (Lipinski definition) is 5. The molecule has 7 heteroatoms. The molecule has 1 heterocycles. The van der Waals surface area contributed by atoms with Crippen LogP contribution in [0.25, 0.3) is 10.9 Å². The van der Waals surface area contributed by atoms with E-state index in [1.807, 2.05) is 0 Å². The predicted molar refractivity (Wildman–Crippen MR) is 64.6 cm³/mol. The molecule has 0 bridgehead atoms. The van der Waals surface area contributed by atoms with E-state index in [0.29, 0.717) is 17.7 Å². The second-order valence-corrected chi connectivity index (χ2v) is 3.37. The Balaban J connectivity index is 2.36. The standard InChI is InChI=1S/C10H11N5O2/c11-4-1-5-12-10-8-6-7(15(16)17)2-3-9(8)13-14-10/h1-4,6H,5,11H2,(H2,12,13,14). The first kappa shape index (κ1) is 10.9. The van der Waals surface area contributed by atoms with Crippen molar-refractivity contribution in [2.24, 2.45) is 5.73 Å². The van der Waals surface area contributed by atoms with Gasteiger partial charge in [0.05, 0.1) is 15.8 Å². The molecule has 0 aliphatic heterocycles. The number of nitrogens with one attached hydrogen (secondary N) is 2. The molecule has 2 aromatic rings. The van der Waals surface area contributed by atoms with Crippen LogP contribution in [0.2, 0.25) is 0 Å². The molecule has 88 valence electrons. The van der Waals surface area contributed by atoms with Gasteiger partial charge < -0.3 is 11.1 Å². The number of aromatic nitrogens is 2. The maximum Gasteiger partial charge on any atom is 0.270 e. The second-order valence-electron chi connectivity index (χ2n) is 3.37. The molecular weight excluding hydrogens is 222 g/mol. The molecule has 17 heavy (non-hydrogen) atoms. The maximum atomic E-state index is 10.7. The molecule has 0 saturated carbocycles. The van der Waals surface area contributed by atoms with E-state index in [0.717, 1.165) is 5.52 Å². The Morgan fingerprint density at radius 3 is 3.12 bits per heavy atom. The molecule has 0 radical (unpaired) electrons. The third-order valence-corrected chi connectivity index (χ3v) is 2.28. The lowest BCUT2D eigenvalue weighted by Crippen LogP contribution is -1.99. The summed E-state index contributed by atoms with van der Waals surface area (Å²) in [6.45, 7) is 0.513. The van der Waals surface area contributed by atoms with Crippen LogP contribution in [0.4, 0.5) is 11.5 Å². The molecule has 0 spiro atoms. The van der Waals surface area contributed by atoms with Crippen molar-refractivity contribution in [2.75, 3.05) is 11.9 Å². The number of anilines is 1. The summed E-state index contributed by atoms with van der Waals surface area (Å²) in [6, 6.07) is 4.54. The molecule has 1 aromatic heterocycles. The van der Waals surface area contributed by atoms with Gasteiger partial charge in [0.15, 0.2) is 5.82 Å². The van der Waals surface area contributed by atoms with E-state index in [9.17, 15) is 10.1 Å². The Morgan fingerprint density at radius 2 is 2.41 bits per heavy atom. The minimum absolute atomic E-state index is 0.0383. The lowest BCUT2D eigenvalue weighted by Gasteiger charge is -1.98. The van der Waals surface area contributed by atoms with Gasteiger partial charge in [-0.3, -0.25) is 15.2 Å². The van der Waals surface area contributed by atoms with Crippen molar-refractivity contribution in [3.63, 3.8) is 0 Å². The highest BCUT2D eigenvalue weighted by molar-refractivity contribution is 5.91. The number of benzene rings is 1. The van der Waals surface area contributed by atoms with E-state index in [2.05, 4.69) is 15.5 Å². The summed E-state index contributed by atoms with van der Waals surface area (Å²) in [6.07, 6.45) is 3.14. The van der Waals surface area contributed by atoms with Gasteiger partial charge in [-0.1, -0.05) is 0 Å². The van der Waals surface area contributed by atoms with Crippen molar-refractivity contribution in [1.29, 1.82) is 0 Å². The largest absolute Gasteiger partial charge is 0.405 e. The Morgan fingerprint density at radius 1 is 1.59 bits per heavy atom. The lowest BCUT2D eigenvalue weighted by atomic mass is 10.2. The van der Waals surface area contributed by atoms with Gasteiger partial charge in [0.2, 0.25) is 0 Å². The SMILES string of the molecule is NC=CCNc1n[nH]c2ccc([N+](=O)[O-])cc12. The molecule has 7 nitrogen and oxygen atoms in total. The van der Waals surface area contributed by atoms with Crippen LogP contribution in [0.3, 0.4) is 0 Å². The van der Waals surface area contributed by atoms with E-state index in [1.54, 1.807) is 12.1 Å². The van der Waals surface area contributed by atoms with E-state index in [4.69, 9.17) is 5.73 Å². The van der Waals surface area contributed by atoms with Crippen LogP contribution in [-0.4, -0.2) is 21.7 Å². The summed E-state index contributed by atoms with van der Waals surface area (Å²) in [4.78, 5) is 10.2. The first-order valence-electron chi connectivity index (χ1n) is 4.95. The van der Waals surface area contributed by atoms with Gasteiger partial charge in [0, 0.05) is 18.7 Å². The van der Waals surface area contributed by atoms with Crippen molar-refractivity contribution in [3.05, 3.63) is 40.6 Å². The number of aromatic amines is 1. The Kier molecular flexibility index (Phi) is 2.91. The first-order chi connectivity index (χ1) is 8.22. The summed E-state index contributed by atoms with van der Waals surface area (Å²) in [7, 11) is 0. The molecule has 0 atom stereocenters. The van der Waals surface area contributed by atoms with Crippen LogP contribution in [0.1, 0.15) is 0 Å². The van der Waals surface area contributed by atoms with Crippen LogP contribution in [0.15, 0.2) is 30.5 Å². The van der Waals surface area contributed by atoms with Crippen LogP contribution in [0, 0.1) is 10.1 Å². The number of fused-ring (bicyclic) bond motifs is 1. The normalized spacial score (nSPS) is 11.1. The fraction of sp³-hybridized carbons (Fsp3) is 0.100. The van der Waals surface area contributed by atoms with Crippen molar-refractivity contribution >= 4 is 22.4 Å². The van der Waals surface area contributed by atoms with Crippen LogP contribution >= 0.6 is 0 Å². The molecule has 0 aliphatic carbocycles. The Labute approximate surface area is 96.5 Å². The molecule has 0 aliphatic rings. The topological polar surface area (TPSA) is 110 Å². The van der Waals surface area contributed by atoms with Gasteiger partial charge in [0.1, 0.15) is 0 Å². The van der Waals surface area contributed by atoms with E-state index in [1.165, 1.54) is 18.3 Å². The zero-order valence-corrected chi connectivity index (χ0v) is 8.88. The van der Waals surface area contributed by atoms with Crippen LogP contribution < -0.4 is 11.1 Å². The second kappa shape index (κ2) is 4.52. The fourth-order valence-corrected chi connectivity index (χ4v) is 1.47. The number of hydrogen-bond donors (Lipinski definition) is 3. The number of nitro benzene ring substituents is 1. The maximum absolute atomic E-state index is 10.7. The minimum atomic E-state index is -0.435. The Hall–Kier alpha value is -2.57. The number of nitrogens with zero attached hydrogens (tertiary/aromatic N) is 2.